The van der Waals surface area contributed by atoms with Crippen LogP contribution in [0.25, 0.3) is 0 Å². The zero-order valence-corrected chi connectivity index (χ0v) is 7.83. The molecule has 0 radical (unpaired) electrons. The van der Waals surface area contributed by atoms with Crippen molar-refractivity contribution in [2.24, 2.45) is 0 Å². The van der Waals surface area contributed by atoms with E-state index in [9.17, 15) is 10.2 Å². The molecule has 0 fully saturated rings. The minimum absolute atomic E-state index is 0.152. The number of aliphatic hydroxyl groups is 2. The summed E-state index contributed by atoms with van der Waals surface area (Å²) in [5.74, 6) is 0. The molecule has 5 heteroatoms. The van der Waals surface area contributed by atoms with Gasteiger partial charge in [-0.25, -0.2) is 4.98 Å². The lowest BCUT2D eigenvalue weighted by Gasteiger charge is -2.14. The maximum Gasteiger partial charge on any atom is 0.140 e. The number of aliphatic hydroxyl groups excluding tert-OH is 2. The first-order valence-electron chi connectivity index (χ1n) is 4.28. The largest absolute Gasteiger partial charge is 0.389 e. The molecule has 2 unspecified atom stereocenters. The molecule has 2 atom stereocenters. The van der Waals surface area contributed by atoms with Gasteiger partial charge >= 0.3 is 0 Å². The summed E-state index contributed by atoms with van der Waals surface area (Å²) >= 11 is 0. The molecule has 76 valence electrons. The van der Waals surface area contributed by atoms with Crippen LogP contribution in [0.5, 0.6) is 0 Å². The predicted octanol–water partition coefficient (Wildman–Crippen LogP) is 0.261. The molecule has 15 heavy (non-hydrogen) atoms. The molecule has 0 aromatic carbocycles. The maximum absolute atomic E-state index is 9.56. The van der Waals surface area contributed by atoms with Gasteiger partial charge in [0.05, 0.1) is 18.6 Å². The van der Waals surface area contributed by atoms with E-state index in [2.05, 4.69) is 4.98 Å². The van der Waals surface area contributed by atoms with Crippen LogP contribution in [0.4, 0.5) is 0 Å². The highest BCUT2D eigenvalue weighted by molar-refractivity contribution is 5.24. The summed E-state index contributed by atoms with van der Waals surface area (Å²) in [6.45, 7) is 0. The second-order valence-electron chi connectivity index (χ2n) is 2.96. The van der Waals surface area contributed by atoms with Crippen LogP contribution in [-0.4, -0.2) is 21.3 Å². The van der Waals surface area contributed by atoms with Crippen LogP contribution in [0, 0.1) is 22.7 Å². The Morgan fingerprint density at radius 2 is 2.07 bits per heavy atom. The number of rotatable bonds is 3. The number of hydrogen-bond acceptors (Lipinski definition) is 5. The van der Waals surface area contributed by atoms with Crippen LogP contribution in [0.3, 0.4) is 0 Å². The van der Waals surface area contributed by atoms with Crippen molar-refractivity contribution in [2.45, 2.75) is 18.6 Å². The quantitative estimate of drug-likeness (QED) is 0.733. The average molecular weight is 203 g/mol. The Kier molecular flexibility index (Phi) is 3.75. The second kappa shape index (κ2) is 5.06. The van der Waals surface area contributed by atoms with Gasteiger partial charge in [-0.2, -0.15) is 10.5 Å². The van der Waals surface area contributed by atoms with Gasteiger partial charge in [-0.1, -0.05) is 6.07 Å². The predicted molar refractivity (Wildman–Crippen MR) is 50.1 cm³/mol. The van der Waals surface area contributed by atoms with Gasteiger partial charge < -0.3 is 10.2 Å². The Hall–Kier alpha value is -1.95. The zero-order chi connectivity index (χ0) is 11.3. The van der Waals surface area contributed by atoms with Gasteiger partial charge in [-0.15, -0.1) is 0 Å². The molecule has 0 saturated heterocycles. The van der Waals surface area contributed by atoms with Crippen molar-refractivity contribution in [1.29, 1.82) is 10.5 Å². The smallest absolute Gasteiger partial charge is 0.140 e. The van der Waals surface area contributed by atoms with Crippen LogP contribution in [0.15, 0.2) is 18.3 Å². The normalized spacial score (nSPS) is 13.6. The highest BCUT2D eigenvalue weighted by Crippen LogP contribution is 2.17. The fourth-order valence-corrected chi connectivity index (χ4v) is 1.07. The lowest BCUT2D eigenvalue weighted by Crippen LogP contribution is -2.17. The van der Waals surface area contributed by atoms with E-state index in [1.807, 2.05) is 6.07 Å². The minimum Gasteiger partial charge on any atom is -0.389 e. The van der Waals surface area contributed by atoms with Crippen LogP contribution >= 0.6 is 0 Å². The van der Waals surface area contributed by atoms with Crippen molar-refractivity contribution in [3.05, 3.63) is 29.6 Å². The lowest BCUT2D eigenvalue weighted by atomic mass is 10.0. The molecule has 0 amide bonds. The number of aromatic nitrogens is 1. The van der Waals surface area contributed by atoms with E-state index in [-0.39, 0.29) is 12.1 Å². The van der Waals surface area contributed by atoms with E-state index in [1.54, 1.807) is 6.07 Å². The highest BCUT2D eigenvalue weighted by atomic mass is 16.3. The fraction of sp³-hybridized carbons (Fsp3) is 0.300. The lowest BCUT2D eigenvalue weighted by molar-refractivity contribution is 0.0214. The first-order chi connectivity index (χ1) is 7.19. The summed E-state index contributed by atoms with van der Waals surface area (Å²) in [5, 5.41) is 35.7. The Morgan fingerprint density at radius 1 is 1.33 bits per heavy atom. The third kappa shape index (κ3) is 2.75. The van der Waals surface area contributed by atoms with Gasteiger partial charge in [0.2, 0.25) is 0 Å². The number of hydrogen-bond donors (Lipinski definition) is 2. The maximum atomic E-state index is 9.56. The third-order valence-corrected chi connectivity index (χ3v) is 1.91. The van der Waals surface area contributed by atoms with Gasteiger partial charge in [0.1, 0.15) is 17.9 Å². The number of nitriles is 2. The SMILES string of the molecule is N#CCC(O)C(O)c1ccc(C#N)nc1. The number of pyridine rings is 1. The minimum atomic E-state index is -1.15. The van der Waals surface area contributed by atoms with Gasteiger partial charge in [0.15, 0.2) is 0 Å². The zero-order valence-electron chi connectivity index (χ0n) is 7.83. The molecule has 0 aliphatic carbocycles. The topological polar surface area (TPSA) is 101 Å². The number of nitrogens with zero attached hydrogens (tertiary/aromatic N) is 3. The van der Waals surface area contributed by atoms with Crippen molar-refractivity contribution in [3.63, 3.8) is 0 Å². The van der Waals surface area contributed by atoms with Crippen LogP contribution < -0.4 is 0 Å². The van der Waals surface area contributed by atoms with Gasteiger partial charge in [0.25, 0.3) is 0 Å². The molecule has 5 nitrogen and oxygen atoms in total. The molecule has 1 aromatic heterocycles. The molecule has 2 N–H and O–H groups in total. The summed E-state index contributed by atoms with van der Waals surface area (Å²) in [7, 11) is 0. The first kappa shape index (κ1) is 11.1. The molecule has 1 rings (SSSR count). The van der Waals surface area contributed by atoms with E-state index in [1.165, 1.54) is 18.3 Å². The van der Waals surface area contributed by atoms with Crippen LogP contribution in [0.1, 0.15) is 23.8 Å². The van der Waals surface area contributed by atoms with Crippen molar-refractivity contribution in [3.8, 4) is 12.1 Å². The van der Waals surface area contributed by atoms with Crippen molar-refractivity contribution in [1.82, 2.24) is 4.98 Å². The monoisotopic (exact) mass is 203 g/mol. The molecule has 0 saturated carbocycles. The van der Waals surface area contributed by atoms with Gasteiger partial charge in [-0.05, 0) is 6.07 Å². The van der Waals surface area contributed by atoms with E-state index >= 15 is 0 Å². The molecule has 0 aliphatic heterocycles. The van der Waals surface area contributed by atoms with Crippen molar-refractivity contribution in [2.75, 3.05) is 0 Å². The summed E-state index contributed by atoms with van der Waals surface area (Å²) in [6, 6.07) is 6.54. The average Bonchev–Trinajstić information content (AvgIpc) is 2.28. The Balaban J connectivity index is 2.79. The summed E-state index contributed by atoms with van der Waals surface area (Å²) in [4.78, 5) is 3.75. The van der Waals surface area contributed by atoms with Crippen LogP contribution in [-0.2, 0) is 0 Å². The third-order valence-electron chi connectivity index (χ3n) is 1.91. The van der Waals surface area contributed by atoms with Gasteiger partial charge in [0, 0.05) is 11.8 Å². The highest BCUT2D eigenvalue weighted by Gasteiger charge is 2.18. The van der Waals surface area contributed by atoms with E-state index < -0.39 is 12.2 Å². The Bertz CT molecular complexity index is 402. The standard InChI is InChI=1S/C10H9N3O2/c11-4-3-9(14)10(15)7-1-2-8(5-12)13-6-7/h1-2,6,9-10,14-15H,3H2. The van der Waals surface area contributed by atoms with Crippen molar-refractivity contribution >= 4 is 0 Å². The van der Waals surface area contributed by atoms with E-state index in [4.69, 9.17) is 10.5 Å². The van der Waals surface area contributed by atoms with E-state index in [0.717, 1.165) is 0 Å². The molecule has 1 aromatic rings. The Labute approximate surface area is 86.8 Å². The fourth-order valence-electron chi connectivity index (χ4n) is 1.07. The van der Waals surface area contributed by atoms with Gasteiger partial charge in [-0.3, -0.25) is 0 Å². The molecule has 0 aliphatic rings. The molecule has 1 heterocycles. The molecule has 0 spiro atoms. The molecule has 0 bridgehead atoms. The molecular weight excluding hydrogens is 194 g/mol. The summed E-state index contributed by atoms with van der Waals surface area (Å²) in [6.07, 6.45) is -1.13. The second-order valence-corrected chi connectivity index (χ2v) is 2.96. The van der Waals surface area contributed by atoms with Crippen molar-refractivity contribution < 1.29 is 10.2 Å². The summed E-state index contributed by atoms with van der Waals surface area (Å²) < 4.78 is 0. The first-order valence-corrected chi connectivity index (χ1v) is 4.28. The molecular formula is C10H9N3O2. The van der Waals surface area contributed by atoms with Crippen LogP contribution in [0.2, 0.25) is 0 Å². The van der Waals surface area contributed by atoms with E-state index in [0.29, 0.717) is 5.56 Å². The Morgan fingerprint density at radius 3 is 2.53 bits per heavy atom. The summed E-state index contributed by atoms with van der Waals surface area (Å²) in [5.41, 5.74) is 0.623.